The van der Waals surface area contributed by atoms with Crippen LogP contribution in [0.1, 0.15) is 34.3 Å². The first-order chi connectivity index (χ1) is 17.6. The number of benzene rings is 2. The zero-order chi connectivity index (χ0) is 24.6. The van der Waals surface area contributed by atoms with Gasteiger partial charge in [-0.05, 0) is 49.1 Å². The van der Waals surface area contributed by atoms with Crippen LogP contribution in [0.4, 0.5) is 5.69 Å². The predicted molar refractivity (Wildman–Crippen MR) is 140 cm³/mol. The fraction of sp³-hybridized carbons (Fsp3) is 0.321. The van der Waals surface area contributed by atoms with Gasteiger partial charge in [0, 0.05) is 48.3 Å². The third-order valence-corrected chi connectivity index (χ3v) is 7.06. The average molecular weight is 483 g/mol. The molecule has 1 aliphatic carbocycles. The molecule has 3 heterocycles. The maximum atomic E-state index is 12.6. The van der Waals surface area contributed by atoms with Crippen molar-refractivity contribution in [2.75, 3.05) is 25.0 Å². The van der Waals surface area contributed by atoms with Crippen molar-refractivity contribution in [2.24, 2.45) is 5.92 Å². The number of hydrogen-bond donors (Lipinski definition) is 4. The fourth-order valence-corrected chi connectivity index (χ4v) is 4.65. The number of aryl methyl sites for hydroxylation is 1. The van der Waals surface area contributed by atoms with Gasteiger partial charge in [-0.25, -0.2) is 9.50 Å². The highest BCUT2D eigenvalue weighted by molar-refractivity contribution is 5.96. The van der Waals surface area contributed by atoms with Gasteiger partial charge in [0.2, 0.25) is 0 Å². The third kappa shape index (κ3) is 4.34. The number of rotatable bonds is 8. The van der Waals surface area contributed by atoms with Crippen molar-refractivity contribution in [2.45, 2.75) is 32.4 Å². The van der Waals surface area contributed by atoms with Gasteiger partial charge in [-0.3, -0.25) is 4.79 Å². The molecule has 4 N–H and O–H groups in total. The van der Waals surface area contributed by atoms with Crippen molar-refractivity contribution < 1.29 is 9.90 Å². The highest BCUT2D eigenvalue weighted by atomic mass is 16.3. The van der Waals surface area contributed by atoms with Crippen LogP contribution in [0.25, 0.3) is 28.2 Å². The number of nitrogens with zero attached hydrogens (tertiary/aromatic N) is 3. The lowest BCUT2D eigenvalue weighted by atomic mass is 10.0. The average Bonchev–Trinajstić information content (AvgIpc) is 3.57. The van der Waals surface area contributed by atoms with Crippen LogP contribution in [0, 0.1) is 12.8 Å². The summed E-state index contributed by atoms with van der Waals surface area (Å²) in [7, 11) is 0. The van der Waals surface area contributed by atoms with Gasteiger partial charge in [0.05, 0.1) is 29.9 Å². The lowest BCUT2D eigenvalue weighted by Gasteiger charge is -2.27. The lowest BCUT2D eigenvalue weighted by molar-refractivity contribution is 0.0950. The number of aromatic nitrogens is 3. The van der Waals surface area contributed by atoms with E-state index in [1.807, 2.05) is 66.2 Å². The maximum absolute atomic E-state index is 12.6. The second-order valence-electron chi connectivity index (χ2n) is 9.82. The highest BCUT2D eigenvalue weighted by Crippen LogP contribution is 2.31. The Hall–Kier alpha value is -3.75. The Bertz CT molecular complexity index is 1440. The summed E-state index contributed by atoms with van der Waals surface area (Å²) in [6, 6.07) is 16.0. The van der Waals surface area contributed by atoms with Crippen LogP contribution in [-0.4, -0.2) is 51.3 Å². The summed E-state index contributed by atoms with van der Waals surface area (Å²) >= 11 is 0. The highest BCUT2D eigenvalue weighted by Gasteiger charge is 2.25. The lowest BCUT2D eigenvalue weighted by Crippen LogP contribution is -2.45. The minimum atomic E-state index is -0.0627. The third-order valence-electron chi connectivity index (χ3n) is 7.06. The number of carbonyl (C=O) groups excluding carboxylic acids is 1. The van der Waals surface area contributed by atoms with E-state index in [-0.39, 0.29) is 12.5 Å². The van der Waals surface area contributed by atoms with Gasteiger partial charge in [-0.1, -0.05) is 30.3 Å². The number of aliphatic hydroxyl groups is 1. The van der Waals surface area contributed by atoms with Crippen LogP contribution >= 0.6 is 0 Å². The molecule has 0 spiro atoms. The quantitative estimate of drug-likeness (QED) is 0.307. The first-order valence-electron chi connectivity index (χ1n) is 12.5. The minimum Gasteiger partial charge on any atom is -0.392 e. The van der Waals surface area contributed by atoms with Gasteiger partial charge < -0.3 is 21.1 Å². The standard InChI is InChI=1S/C28H30N6O2/c1-17-10-19(6-9-22(17)28(36)32-21-7-8-21)26-15-31-27-25(30-14-18-12-29-13-18)11-24(33-34(26)27)23-5-3-2-4-20(23)16-35/h2-6,9-11,15,18,21,29-30,35H,7-8,12-14,16H2,1H3,(H,32,36). The summed E-state index contributed by atoms with van der Waals surface area (Å²) in [5, 5.41) is 24.9. The van der Waals surface area contributed by atoms with E-state index in [4.69, 9.17) is 10.1 Å². The number of fused-ring (bicyclic) bond motifs is 1. The van der Waals surface area contributed by atoms with Crippen molar-refractivity contribution in [3.8, 4) is 22.5 Å². The largest absolute Gasteiger partial charge is 0.392 e. The maximum Gasteiger partial charge on any atom is 0.251 e. The Morgan fingerprint density at radius 2 is 2.00 bits per heavy atom. The number of amides is 1. The molecule has 6 rings (SSSR count). The molecule has 2 fully saturated rings. The summed E-state index contributed by atoms with van der Waals surface area (Å²) < 4.78 is 1.86. The Balaban J connectivity index is 1.42. The molecule has 0 bridgehead atoms. The number of aliphatic hydroxyl groups excluding tert-OH is 1. The normalized spacial score (nSPS) is 15.6. The van der Waals surface area contributed by atoms with Crippen molar-refractivity contribution >= 4 is 17.2 Å². The second kappa shape index (κ2) is 9.37. The van der Waals surface area contributed by atoms with Gasteiger partial charge in [-0.2, -0.15) is 5.10 Å². The number of carbonyl (C=O) groups is 1. The first kappa shape index (κ1) is 22.7. The summed E-state index contributed by atoms with van der Waals surface area (Å²) in [6.45, 7) is 4.76. The molecule has 2 aliphatic rings. The van der Waals surface area contributed by atoms with E-state index < -0.39 is 0 Å². The van der Waals surface area contributed by atoms with E-state index in [0.717, 1.165) is 77.5 Å². The molecule has 2 aromatic carbocycles. The van der Waals surface area contributed by atoms with E-state index in [0.29, 0.717) is 17.5 Å². The Kier molecular flexibility index (Phi) is 5.91. The minimum absolute atomic E-state index is 0.0160. The predicted octanol–water partition coefficient (Wildman–Crippen LogP) is 3.39. The van der Waals surface area contributed by atoms with Crippen LogP contribution < -0.4 is 16.0 Å². The van der Waals surface area contributed by atoms with Crippen molar-refractivity contribution in [3.05, 3.63) is 71.4 Å². The Morgan fingerprint density at radius 3 is 2.72 bits per heavy atom. The van der Waals surface area contributed by atoms with Gasteiger partial charge in [-0.15, -0.1) is 0 Å². The molecule has 8 heteroatoms. The number of hydrogen-bond acceptors (Lipinski definition) is 6. The van der Waals surface area contributed by atoms with Crippen LogP contribution in [0.5, 0.6) is 0 Å². The molecule has 1 aliphatic heterocycles. The second-order valence-corrected chi connectivity index (χ2v) is 9.82. The summed E-state index contributed by atoms with van der Waals surface area (Å²) in [6.07, 6.45) is 3.95. The fourth-order valence-electron chi connectivity index (χ4n) is 4.65. The van der Waals surface area contributed by atoms with Crippen LogP contribution in [0.2, 0.25) is 0 Å². The van der Waals surface area contributed by atoms with Gasteiger partial charge in [0.1, 0.15) is 0 Å². The molecule has 8 nitrogen and oxygen atoms in total. The van der Waals surface area contributed by atoms with Crippen LogP contribution in [0.3, 0.4) is 0 Å². The molecule has 0 radical (unpaired) electrons. The molecular formula is C28H30N6O2. The zero-order valence-corrected chi connectivity index (χ0v) is 20.3. The molecule has 0 unspecified atom stereocenters. The molecule has 1 amide bonds. The molecule has 2 aromatic heterocycles. The molecule has 0 atom stereocenters. The molecule has 36 heavy (non-hydrogen) atoms. The van der Waals surface area contributed by atoms with Crippen LogP contribution in [0.15, 0.2) is 54.7 Å². The molecule has 4 aromatic rings. The number of anilines is 1. The first-order valence-corrected chi connectivity index (χ1v) is 12.5. The monoisotopic (exact) mass is 482 g/mol. The van der Waals surface area contributed by atoms with E-state index in [1.54, 1.807) is 0 Å². The molecule has 184 valence electrons. The van der Waals surface area contributed by atoms with E-state index in [2.05, 4.69) is 16.0 Å². The van der Waals surface area contributed by atoms with Gasteiger partial charge >= 0.3 is 0 Å². The van der Waals surface area contributed by atoms with E-state index >= 15 is 0 Å². The zero-order valence-electron chi connectivity index (χ0n) is 20.3. The summed E-state index contributed by atoms with van der Waals surface area (Å²) in [5.74, 6) is 0.565. The van der Waals surface area contributed by atoms with E-state index in [1.165, 1.54) is 0 Å². The van der Waals surface area contributed by atoms with Crippen molar-refractivity contribution in [1.29, 1.82) is 0 Å². The van der Waals surface area contributed by atoms with Crippen molar-refractivity contribution in [3.63, 3.8) is 0 Å². The van der Waals surface area contributed by atoms with Crippen LogP contribution in [-0.2, 0) is 6.61 Å². The van der Waals surface area contributed by atoms with E-state index in [9.17, 15) is 9.90 Å². The molecular weight excluding hydrogens is 452 g/mol. The molecule has 1 saturated heterocycles. The number of nitrogens with one attached hydrogen (secondary N) is 3. The SMILES string of the molecule is Cc1cc(-c2cnc3c(NCC4CNC4)cc(-c4ccccc4CO)nn23)ccc1C(=O)NC1CC1. The van der Waals surface area contributed by atoms with Gasteiger partial charge in [0.15, 0.2) is 5.65 Å². The Morgan fingerprint density at radius 1 is 1.17 bits per heavy atom. The van der Waals surface area contributed by atoms with Gasteiger partial charge in [0.25, 0.3) is 5.91 Å². The van der Waals surface area contributed by atoms with Crippen molar-refractivity contribution in [1.82, 2.24) is 25.2 Å². The number of imidazole rings is 1. The summed E-state index contributed by atoms with van der Waals surface area (Å²) in [4.78, 5) is 17.3. The smallest absolute Gasteiger partial charge is 0.251 e. The Labute approximate surface area is 209 Å². The molecule has 1 saturated carbocycles. The summed E-state index contributed by atoms with van der Waals surface area (Å²) in [5.41, 5.74) is 7.52. The topological polar surface area (TPSA) is 104 Å².